The van der Waals surface area contributed by atoms with Crippen LogP contribution in [0.1, 0.15) is 38.5 Å². The molecule has 0 aromatic rings. The van der Waals surface area contributed by atoms with Crippen molar-refractivity contribution in [1.82, 2.24) is 9.96 Å². The molecular weight excluding hydrogens is 316 g/mol. The zero-order valence-corrected chi connectivity index (χ0v) is 13.3. The van der Waals surface area contributed by atoms with Crippen LogP contribution in [0.2, 0.25) is 0 Å². The maximum Gasteiger partial charge on any atom is 0.336 e. The van der Waals surface area contributed by atoms with Crippen LogP contribution in [0.15, 0.2) is 12.3 Å². The fourth-order valence-electron chi connectivity index (χ4n) is 3.27. The van der Waals surface area contributed by atoms with Crippen LogP contribution in [0.4, 0.5) is 0 Å². The number of rotatable bonds is 4. The molecule has 0 bridgehead atoms. The summed E-state index contributed by atoms with van der Waals surface area (Å²) in [5.74, 6) is -1.50. The molecule has 1 saturated heterocycles. The molecule has 1 aliphatic carbocycles. The average Bonchev–Trinajstić information content (AvgIpc) is 2.89. The summed E-state index contributed by atoms with van der Waals surface area (Å²) in [4.78, 5) is 53.4. The second-order valence-electron chi connectivity index (χ2n) is 6.37. The summed E-state index contributed by atoms with van der Waals surface area (Å²) in [5, 5.41) is 0.602. The Morgan fingerprint density at radius 1 is 1.12 bits per heavy atom. The first-order chi connectivity index (χ1) is 11.5. The molecule has 1 saturated carbocycles. The molecule has 0 N–H and O–H groups in total. The molecule has 3 amide bonds. The molecule has 8 nitrogen and oxygen atoms in total. The van der Waals surface area contributed by atoms with Crippen LogP contribution in [0, 0.1) is 11.8 Å². The van der Waals surface area contributed by atoms with Gasteiger partial charge in [-0.2, -0.15) is 0 Å². The van der Waals surface area contributed by atoms with Gasteiger partial charge in [0.25, 0.3) is 17.7 Å². The molecule has 130 valence electrons. The summed E-state index contributed by atoms with van der Waals surface area (Å²) < 4.78 is 5.13. The van der Waals surface area contributed by atoms with Gasteiger partial charge in [-0.3, -0.25) is 14.4 Å². The van der Waals surface area contributed by atoms with E-state index >= 15 is 0 Å². The van der Waals surface area contributed by atoms with Gasteiger partial charge in [-0.15, -0.1) is 5.06 Å². The van der Waals surface area contributed by atoms with Crippen LogP contribution in [0.5, 0.6) is 0 Å². The first kappa shape index (κ1) is 16.5. The van der Waals surface area contributed by atoms with E-state index in [1.165, 1.54) is 12.3 Å². The van der Waals surface area contributed by atoms with Crippen molar-refractivity contribution >= 4 is 23.7 Å². The fraction of sp³-hybridized carbons (Fsp3) is 0.625. The normalized spacial score (nSPS) is 27.4. The van der Waals surface area contributed by atoms with Crippen molar-refractivity contribution in [2.75, 3.05) is 13.3 Å². The van der Waals surface area contributed by atoms with Gasteiger partial charge in [-0.25, -0.2) is 4.79 Å². The highest BCUT2D eigenvalue weighted by molar-refractivity contribution is 6.01. The molecule has 2 aliphatic heterocycles. The number of hydroxylamine groups is 2. The third-order valence-corrected chi connectivity index (χ3v) is 4.69. The summed E-state index contributed by atoms with van der Waals surface area (Å²) in [5.41, 5.74) is 0. The zero-order chi connectivity index (χ0) is 17.1. The summed E-state index contributed by atoms with van der Waals surface area (Å²) in [6, 6.07) is 0. The van der Waals surface area contributed by atoms with Crippen LogP contribution >= 0.6 is 0 Å². The summed E-state index contributed by atoms with van der Waals surface area (Å²) >= 11 is 0. The second kappa shape index (κ2) is 7.02. The maximum absolute atomic E-state index is 12.1. The SMILES string of the molecule is O=C(ON1C(=O)CCC1=O)C1CCC(CN2COC=CC2=O)CC1. The van der Waals surface area contributed by atoms with Crippen LogP contribution in [0.25, 0.3) is 0 Å². The van der Waals surface area contributed by atoms with E-state index in [9.17, 15) is 19.2 Å². The average molecular weight is 336 g/mol. The largest absolute Gasteiger partial charge is 0.480 e. The molecule has 0 spiro atoms. The molecule has 24 heavy (non-hydrogen) atoms. The zero-order valence-electron chi connectivity index (χ0n) is 13.3. The van der Waals surface area contributed by atoms with E-state index in [1.807, 2.05) is 0 Å². The highest BCUT2D eigenvalue weighted by Gasteiger charge is 2.36. The monoisotopic (exact) mass is 336 g/mol. The lowest BCUT2D eigenvalue weighted by Crippen LogP contribution is -2.40. The molecule has 3 rings (SSSR count). The topological polar surface area (TPSA) is 93.2 Å². The van der Waals surface area contributed by atoms with Crippen molar-refractivity contribution in [3.63, 3.8) is 0 Å². The van der Waals surface area contributed by atoms with Gasteiger partial charge in [0, 0.05) is 25.5 Å². The van der Waals surface area contributed by atoms with Crippen molar-refractivity contribution in [2.24, 2.45) is 11.8 Å². The quantitative estimate of drug-likeness (QED) is 0.703. The number of amides is 3. The van der Waals surface area contributed by atoms with Crippen LogP contribution < -0.4 is 0 Å². The molecule has 3 aliphatic rings. The van der Waals surface area contributed by atoms with Crippen LogP contribution in [-0.4, -0.2) is 46.9 Å². The third-order valence-electron chi connectivity index (χ3n) is 4.69. The first-order valence-corrected chi connectivity index (χ1v) is 8.19. The third kappa shape index (κ3) is 3.58. The Morgan fingerprint density at radius 2 is 1.79 bits per heavy atom. The lowest BCUT2D eigenvalue weighted by molar-refractivity contribution is -0.201. The Labute approximate surface area is 139 Å². The van der Waals surface area contributed by atoms with Crippen molar-refractivity contribution in [1.29, 1.82) is 0 Å². The van der Waals surface area contributed by atoms with Crippen molar-refractivity contribution in [3.05, 3.63) is 12.3 Å². The van der Waals surface area contributed by atoms with Crippen molar-refractivity contribution < 1.29 is 28.8 Å². The van der Waals surface area contributed by atoms with E-state index in [-0.39, 0.29) is 31.4 Å². The maximum atomic E-state index is 12.1. The van der Waals surface area contributed by atoms with Gasteiger partial charge in [0.05, 0.1) is 12.2 Å². The molecule has 8 heteroatoms. The Morgan fingerprint density at radius 3 is 2.42 bits per heavy atom. The van der Waals surface area contributed by atoms with Gasteiger partial charge in [0.2, 0.25) is 0 Å². The highest BCUT2D eigenvalue weighted by Crippen LogP contribution is 2.31. The Kier molecular flexibility index (Phi) is 4.82. The van der Waals surface area contributed by atoms with Crippen molar-refractivity contribution in [3.8, 4) is 0 Å². The lowest BCUT2D eigenvalue weighted by atomic mass is 9.82. The molecule has 2 heterocycles. The number of carbonyl (C=O) groups excluding carboxylic acids is 4. The predicted octanol–water partition coefficient (Wildman–Crippen LogP) is 0.730. The van der Waals surface area contributed by atoms with Gasteiger partial charge in [-0.05, 0) is 31.6 Å². The number of carbonyl (C=O) groups is 4. The minimum Gasteiger partial charge on any atom is -0.480 e. The number of hydrogen-bond acceptors (Lipinski definition) is 6. The Balaban J connectivity index is 1.45. The summed E-state index contributed by atoms with van der Waals surface area (Å²) in [6.07, 6.45) is 5.81. The number of ether oxygens (including phenoxy) is 1. The lowest BCUT2D eigenvalue weighted by Gasteiger charge is -2.32. The van der Waals surface area contributed by atoms with Gasteiger partial charge in [-0.1, -0.05) is 0 Å². The van der Waals surface area contributed by atoms with E-state index in [4.69, 9.17) is 9.57 Å². The van der Waals surface area contributed by atoms with E-state index in [2.05, 4.69) is 0 Å². The Bertz CT molecular complexity index is 563. The van der Waals surface area contributed by atoms with Gasteiger partial charge >= 0.3 is 5.97 Å². The number of hydrogen-bond donors (Lipinski definition) is 0. The summed E-state index contributed by atoms with van der Waals surface area (Å²) in [6.45, 7) is 0.866. The van der Waals surface area contributed by atoms with E-state index in [1.54, 1.807) is 4.90 Å². The second-order valence-corrected chi connectivity index (χ2v) is 6.37. The summed E-state index contributed by atoms with van der Waals surface area (Å²) in [7, 11) is 0. The number of imide groups is 1. The van der Waals surface area contributed by atoms with E-state index in [0.29, 0.717) is 30.4 Å². The van der Waals surface area contributed by atoms with Gasteiger partial charge < -0.3 is 14.5 Å². The van der Waals surface area contributed by atoms with E-state index < -0.39 is 17.8 Å². The smallest absolute Gasteiger partial charge is 0.336 e. The van der Waals surface area contributed by atoms with Crippen molar-refractivity contribution in [2.45, 2.75) is 38.5 Å². The van der Waals surface area contributed by atoms with Gasteiger partial charge in [0.15, 0.2) is 6.73 Å². The van der Waals surface area contributed by atoms with Crippen LogP contribution in [-0.2, 0) is 28.8 Å². The molecule has 0 aromatic carbocycles. The minimum atomic E-state index is -0.516. The van der Waals surface area contributed by atoms with Gasteiger partial charge in [0.1, 0.15) is 0 Å². The molecule has 0 unspecified atom stereocenters. The molecule has 0 radical (unpaired) electrons. The van der Waals surface area contributed by atoms with Crippen LogP contribution in [0.3, 0.4) is 0 Å². The predicted molar refractivity (Wildman–Crippen MR) is 79.4 cm³/mol. The molecule has 0 aromatic heterocycles. The fourth-order valence-corrected chi connectivity index (χ4v) is 3.27. The molecule has 2 fully saturated rings. The Hall–Kier alpha value is -2.38. The highest BCUT2D eigenvalue weighted by atomic mass is 16.7. The van der Waals surface area contributed by atoms with E-state index in [0.717, 1.165) is 12.8 Å². The number of nitrogens with zero attached hydrogens (tertiary/aromatic N) is 2. The molecule has 0 atom stereocenters. The minimum absolute atomic E-state index is 0.0613. The standard InChI is InChI=1S/C16H20N2O6/c19-13-7-8-23-10-17(13)9-11-1-3-12(4-2-11)16(22)24-18-14(20)5-6-15(18)21/h7-8,11-12H,1-6,9-10H2. The first-order valence-electron chi connectivity index (χ1n) is 8.19. The molecular formula is C16H20N2O6.